The number of nitrogens with one attached hydrogen (secondary N) is 2. The molecule has 0 radical (unpaired) electrons. The van der Waals surface area contributed by atoms with Gasteiger partial charge < -0.3 is 10.6 Å². The van der Waals surface area contributed by atoms with Crippen LogP contribution in [0.1, 0.15) is 43.5 Å². The zero-order chi connectivity index (χ0) is 12.3. The molecule has 1 heterocycles. The number of amides is 1. The van der Waals surface area contributed by atoms with Crippen LogP contribution in [0, 0.1) is 0 Å². The topological polar surface area (TPSA) is 54.0 Å². The average molecular weight is 233 g/mol. The number of pyridine rings is 1. The number of hydrogen-bond acceptors (Lipinski definition) is 3. The average Bonchev–Trinajstić information content (AvgIpc) is 2.28. The summed E-state index contributed by atoms with van der Waals surface area (Å²) < 4.78 is 0. The summed E-state index contributed by atoms with van der Waals surface area (Å²) in [5, 5.41) is 6.19. The van der Waals surface area contributed by atoms with Crippen molar-refractivity contribution in [3.63, 3.8) is 0 Å². The molecular formula is C13H19N3O. The summed E-state index contributed by atoms with van der Waals surface area (Å²) in [6.07, 6.45) is 5.01. The highest BCUT2D eigenvalue weighted by molar-refractivity contribution is 5.95. The van der Waals surface area contributed by atoms with Gasteiger partial charge in [-0.05, 0) is 45.2 Å². The molecule has 92 valence electrons. The maximum absolute atomic E-state index is 12.0. The van der Waals surface area contributed by atoms with Gasteiger partial charge in [-0.1, -0.05) is 0 Å². The maximum atomic E-state index is 12.0. The van der Waals surface area contributed by atoms with E-state index in [0.717, 1.165) is 25.2 Å². The number of anilines is 1. The quantitative estimate of drug-likeness (QED) is 0.838. The fraction of sp³-hybridized carbons (Fsp3) is 0.538. The lowest BCUT2D eigenvalue weighted by Crippen LogP contribution is -2.50. The first kappa shape index (κ1) is 11.9. The van der Waals surface area contributed by atoms with Crippen molar-refractivity contribution >= 4 is 11.7 Å². The Labute approximate surface area is 102 Å². The predicted molar refractivity (Wildman–Crippen MR) is 68.1 cm³/mol. The summed E-state index contributed by atoms with van der Waals surface area (Å²) in [5.41, 5.74) is 0.669. The molecule has 0 unspecified atom stereocenters. The Balaban J connectivity index is 2.05. The van der Waals surface area contributed by atoms with Gasteiger partial charge in [-0.25, -0.2) is 4.98 Å². The molecular weight excluding hydrogens is 214 g/mol. The highest BCUT2D eigenvalue weighted by Gasteiger charge is 2.33. The van der Waals surface area contributed by atoms with Crippen molar-refractivity contribution in [1.29, 1.82) is 0 Å². The SMILES string of the molecule is CCNc1cc(C(=O)NC2(C)CCC2)ccn1. The van der Waals surface area contributed by atoms with Crippen molar-refractivity contribution in [2.75, 3.05) is 11.9 Å². The second-order valence-electron chi connectivity index (χ2n) is 4.83. The summed E-state index contributed by atoms with van der Waals surface area (Å²) in [7, 11) is 0. The van der Waals surface area contributed by atoms with Gasteiger partial charge in [-0.2, -0.15) is 0 Å². The van der Waals surface area contributed by atoms with Gasteiger partial charge in [0.15, 0.2) is 0 Å². The highest BCUT2D eigenvalue weighted by Crippen LogP contribution is 2.31. The molecule has 1 amide bonds. The zero-order valence-electron chi connectivity index (χ0n) is 10.4. The minimum absolute atomic E-state index is 0.00129. The van der Waals surface area contributed by atoms with Crippen LogP contribution < -0.4 is 10.6 Å². The largest absolute Gasteiger partial charge is 0.370 e. The third-order valence-electron chi connectivity index (χ3n) is 3.25. The van der Waals surface area contributed by atoms with Gasteiger partial charge in [0.1, 0.15) is 5.82 Å². The number of aromatic nitrogens is 1. The molecule has 17 heavy (non-hydrogen) atoms. The molecule has 1 aromatic rings. The second kappa shape index (κ2) is 4.73. The summed E-state index contributed by atoms with van der Waals surface area (Å²) in [4.78, 5) is 16.2. The molecule has 0 atom stereocenters. The van der Waals surface area contributed by atoms with E-state index in [0.29, 0.717) is 5.56 Å². The van der Waals surface area contributed by atoms with Crippen LogP contribution in [0.4, 0.5) is 5.82 Å². The first-order chi connectivity index (χ1) is 8.13. The molecule has 4 heteroatoms. The standard InChI is InChI=1S/C13H19N3O/c1-3-14-11-9-10(5-8-15-11)12(17)16-13(2)6-4-7-13/h5,8-9H,3-4,6-7H2,1-2H3,(H,14,15)(H,16,17). The van der Waals surface area contributed by atoms with E-state index in [9.17, 15) is 4.79 Å². The van der Waals surface area contributed by atoms with Gasteiger partial charge in [0.2, 0.25) is 0 Å². The van der Waals surface area contributed by atoms with Gasteiger partial charge >= 0.3 is 0 Å². The Bertz CT molecular complexity index is 413. The van der Waals surface area contributed by atoms with E-state index in [2.05, 4.69) is 22.5 Å². The molecule has 0 aromatic carbocycles. The van der Waals surface area contributed by atoms with E-state index in [4.69, 9.17) is 0 Å². The molecule has 1 saturated carbocycles. The normalized spacial score (nSPS) is 17.1. The molecule has 1 fully saturated rings. The summed E-state index contributed by atoms with van der Waals surface area (Å²) in [6.45, 7) is 4.90. The van der Waals surface area contributed by atoms with E-state index < -0.39 is 0 Å². The molecule has 0 saturated heterocycles. The lowest BCUT2D eigenvalue weighted by atomic mass is 9.78. The highest BCUT2D eigenvalue weighted by atomic mass is 16.1. The summed E-state index contributed by atoms with van der Waals surface area (Å²) >= 11 is 0. The minimum Gasteiger partial charge on any atom is -0.370 e. The van der Waals surface area contributed by atoms with Gasteiger partial charge in [0.05, 0.1) is 0 Å². The molecule has 2 rings (SSSR count). The smallest absolute Gasteiger partial charge is 0.251 e. The van der Waals surface area contributed by atoms with Crippen LogP contribution in [-0.4, -0.2) is 23.0 Å². The maximum Gasteiger partial charge on any atom is 0.251 e. The van der Waals surface area contributed by atoms with Crippen molar-refractivity contribution in [3.05, 3.63) is 23.9 Å². The lowest BCUT2D eigenvalue weighted by molar-refractivity contribution is 0.0850. The number of rotatable bonds is 4. The third-order valence-corrected chi connectivity index (χ3v) is 3.25. The number of hydrogen-bond donors (Lipinski definition) is 2. The van der Waals surface area contributed by atoms with Crippen LogP contribution in [0.25, 0.3) is 0 Å². The van der Waals surface area contributed by atoms with Crippen molar-refractivity contribution < 1.29 is 4.79 Å². The Morgan fingerprint density at radius 2 is 2.29 bits per heavy atom. The minimum atomic E-state index is -0.00578. The van der Waals surface area contributed by atoms with E-state index in [1.165, 1.54) is 6.42 Å². The van der Waals surface area contributed by atoms with Gasteiger partial charge in [0, 0.05) is 23.8 Å². The van der Waals surface area contributed by atoms with Gasteiger partial charge in [-0.15, -0.1) is 0 Å². The monoisotopic (exact) mass is 233 g/mol. The van der Waals surface area contributed by atoms with E-state index >= 15 is 0 Å². The van der Waals surface area contributed by atoms with Gasteiger partial charge in [0.25, 0.3) is 5.91 Å². The predicted octanol–water partition coefficient (Wildman–Crippen LogP) is 2.19. The molecule has 0 aliphatic heterocycles. The van der Waals surface area contributed by atoms with Crippen molar-refractivity contribution in [2.45, 2.75) is 38.6 Å². The zero-order valence-corrected chi connectivity index (χ0v) is 10.4. The van der Waals surface area contributed by atoms with Crippen LogP contribution in [0.15, 0.2) is 18.3 Å². The summed E-state index contributed by atoms with van der Waals surface area (Å²) in [5.74, 6) is 0.743. The molecule has 2 N–H and O–H groups in total. The van der Waals surface area contributed by atoms with Crippen molar-refractivity contribution in [1.82, 2.24) is 10.3 Å². The molecule has 0 spiro atoms. The Morgan fingerprint density at radius 3 is 2.88 bits per heavy atom. The fourth-order valence-electron chi connectivity index (χ4n) is 2.03. The first-order valence-electron chi connectivity index (χ1n) is 6.15. The lowest BCUT2D eigenvalue weighted by Gasteiger charge is -2.39. The molecule has 1 aromatic heterocycles. The van der Waals surface area contributed by atoms with Crippen LogP contribution in [0.2, 0.25) is 0 Å². The first-order valence-corrected chi connectivity index (χ1v) is 6.15. The van der Waals surface area contributed by atoms with Crippen LogP contribution >= 0.6 is 0 Å². The number of carbonyl (C=O) groups is 1. The fourth-order valence-corrected chi connectivity index (χ4v) is 2.03. The number of carbonyl (C=O) groups excluding carboxylic acids is 1. The Morgan fingerprint density at radius 1 is 1.53 bits per heavy atom. The Hall–Kier alpha value is -1.58. The molecule has 1 aliphatic carbocycles. The van der Waals surface area contributed by atoms with E-state index in [1.54, 1.807) is 18.3 Å². The van der Waals surface area contributed by atoms with Crippen LogP contribution in [0.5, 0.6) is 0 Å². The molecule has 0 bridgehead atoms. The number of nitrogens with zero attached hydrogens (tertiary/aromatic N) is 1. The van der Waals surface area contributed by atoms with E-state index in [1.807, 2.05) is 6.92 Å². The molecule has 4 nitrogen and oxygen atoms in total. The van der Waals surface area contributed by atoms with Gasteiger partial charge in [-0.3, -0.25) is 4.79 Å². The molecule has 1 aliphatic rings. The second-order valence-corrected chi connectivity index (χ2v) is 4.83. The van der Waals surface area contributed by atoms with Crippen LogP contribution in [0.3, 0.4) is 0 Å². The third kappa shape index (κ3) is 2.75. The Kier molecular flexibility index (Phi) is 3.31. The van der Waals surface area contributed by atoms with Crippen LogP contribution in [-0.2, 0) is 0 Å². The van der Waals surface area contributed by atoms with E-state index in [-0.39, 0.29) is 11.4 Å². The van der Waals surface area contributed by atoms with Crippen molar-refractivity contribution in [2.24, 2.45) is 0 Å². The van der Waals surface area contributed by atoms with Crippen molar-refractivity contribution in [3.8, 4) is 0 Å². The summed E-state index contributed by atoms with van der Waals surface area (Å²) in [6, 6.07) is 3.54.